The van der Waals surface area contributed by atoms with Crippen molar-refractivity contribution in [3.05, 3.63) is 47.5 Å². The van der Waals surface area contributed by atoms with E-state index >= 15 is 0 Å². The maximum atomic E-state index is 11.9. The van der Waals surface area contributed by atoms with Crippen molar-refractivity contribution in [2.45, 2.75) is 25.4 Å². The predicted molar refractivity (Wildman–Crippen MR) is 75.5 cm³/mol. The van der Waals surface area contributed by atoms with E-state index in [9.17, 15) is 9.90 Å². The smallest absolute Gasteiger partial charge is 0.225 e. The number of rotatable bonds is 3. The first kappa shape index (κ1) is 13.8. The molecule has 0 spiro atoms. The molecular formula is C16H21NO2. The molecule has 1 aromatic carbocycles. The van der Waals surface area contributed by atoms with Gasteiger partial charge in [0.25, 0.3) is 0 Å². The van der Waals surface area contributed by atoms with Crippen LogP contribution in [0.1, 0.15) is 30.9 Å². The van der Waals surface area contributed by atoms with E-state index in [0.29, 0.717) is 0 Å². The molecular weight excluding hydrogens is 238 g/mol. The molecule has 1 amide bonds. The van der Waals surface area contributed by atoms with E-state index in [1.165, 1.54) is 0 Å². The SMILES string of the molecule is CN(C)C(=O)C1CC=C(C(O)c2ccccc2)CC1. The van der Waals surface area contributed by atoms with E-state index in [-0.39, 0.29) is 11.8 Å². The lowest BCUT2D eigenvalue weighted by molar-refractivity contribution is -0.133. The monoisotopic (exact) mass is 259 g/mol. The summed E-state index contributed by atoms with van der Waals surface area (Å²) < 4.78 is 0. The Morgan fingerprint density at radius 3 is 2.53 bits per heavy atom. The van der Waals surface area contributed by atoms with E-state index in [2.05, 4.69) is 0 Å². The van der Waals surface area contributed by atoms with E-state index in [0.717, 1.165) is 30.4 Å². The molecule has 0 aromatic heterocycles. The molecule has 1 aromatic rings. The minimum Gasteiger partial charge on any atom is -0.384 e. The molecule has 2 unspecified atom stereocenters. The Bertz CT molecular complexity index is 465. The highest BCUT2D eigenvalue weighted by Crippen LogP contribution is 2.32. The number of aliphatic hydroxyl groups is 1. The fourth-order valence-corrected chi connectivity index (χ4v) is 2.54. The highest BCUT2D eigenvalue weighted by Gasteiger charge is 2.25. The lowest BCUT2D eigenvalue weighted by Crippen LogP contribution is -2.30. The summed E-state index contributed by atoms with van der Waals surface area (Å²) in [5, 5.41) is 10.3. The molecule has 0 fully saturated rings. The second-order valence-electron chi connectivity index (χ2n) is 5.30. The quantitative estimate of drug-likeness (QED) is 0.847. The summed E-state index contributed by atoms with van der Waals surface area (Å²) >= 11 is 0. The predicted octanol–water partition coefficient (Wildman–Crippen LogP) is 2.53. The van der Waals surface area contributed by atoms with Crippen LogP contribution in [0.4, 0.5) is 0 Å². The van der Waals surface area contributed by atoms with Gasteiger partial charge in [0.05, 0.1) is 0 Å². The molecule has 102 valence electrons. The number of nitrogens with zero attached hydrogens (tertiary/aromatic N) is 1. The van der Waals surface area contributed by atoms with Crippen LogP contribution in [-0.4, -0.2) is 30.0 Å². The Labute approximate surface area is 114 Å². The van der Waals surface area contributed by atoms with Crippen molar-refractivity contribution in [3.8, 4) is 0 Å². The van der Waals surface area contributed by atoms with Crippen molar-refractivity contribution in [1.29, 1.82) is 0 Å². The topological polar surface area (TPSA) is 40.5 Å². The van der Waals surface area contributed by atoms with Gasteiger partial charge in [-0.15, -0.1) is 0 Å². The largest absolute Gasteiger partial charge is 0.384 e. The molecule has 0 radical (unpaired) electrons. The summed E-state index contributed by atoms with van der Waals surface area (Å²) in [5.41, 5.74) is 1.96. The highest BCUT2D eigenvalue weighted by atomic mass is 16.3. The minimum absolute atomic E-state index is 0.0710. The molecule has 0 aliphatic heterocycles. The van der Waals surface area contributed by atoms with Crippen molar-refractivity contribution >= 4 is 5.91 Å². The normalized spacial score (nSPS) is 20.6. The van der Waals surface area contributed by atoms with E-state index < -0.39 is 6.10 Å². The van der Waals surface area contributed by atoms with Gasteiger partial charge in [0.1, 0.15) is 6.10 Å². The van der Waals surface area contributed by atoms with Gasteiger partial charge in [-0.25, -0.2) is 0 Å². The summed E-state index contributed by atoms with van der Waals surface area (Å²) in [7, 11) is 3.58. The molecule has 1 aliphatic rings. The van der Waals surface area contributed by atoms with E-state index in [1.807, 2.05) is 36.4 Å². The fourth-order valence-electron chi connectivity index (χ4n) is 2.54. The third kappa shape index (κ3) is 3.24. The first-order valence-electron chi connectivity index (χ1n) is 6.72. The van der Waals surface area contributed by atoms with Crippen LogP contribution in [0.25, 0.3) is 0 Å². The summed E-state index contributed by atoms with van der Waals surface area (Å²) in [6, 6.07) is 9.67. The number of allylic oxidation sites excluding steroid dienone is 1. The van der Waals surface area contributed by atoms with Crippen LogP contribution in [0, 0.1) is 5.92 Å². The van der Waals surface area contributed by atoms with Crippen LogP contribution in [-0.2, 0) is 4.79 Å². The molecule has 2 rings (SSSR count). The van der Waals surface area contributed by atoms with Gasteiger partial charge >= 0.3 is 0 Å². The van der Waals surface area contributed by atoms with Crippen LogP contribution >= 0.6 is 0 Å². The van der Waals surface area contributed by atoms with Crippen LogP contribution < -0.4 is 0 Å². The third-order valence-electron chi connectivity index (χ3n) is 3.70. The zero-order valence-corrected chi connectivity index (χ0v) is 11.5. The van der Waals surface area contributed by atoms with Gasteiger partial charge < -0.3 is 10.0 Å². The number of amides is 1. The van der Waals surface area contributed by atoms with E-state index in [1.54, 1.807) is 19.0 Å². The second kappa shape index (κ2) is 6.02. The highest BCUT2D eigenvalue weighted by molar-refractivity contribution is 5.78. The van der Waals surface area contributed by atoms with Crippen LogP contribution in [0.2, 0.25) is 0 Å². The Morgan fingerprint density at radius 1 is 1.32 bits per heavy atom. The lowest BCUT2D eigenvalue weighted by atomic mass is 9.85. The number of carbonyl (C=O) groups excluding carboxylic acids is 1. The molecule has 3 heteroatoms. The van der Waals surface area contributed by atoms with Gasteiger partial charge in [-0.2, -0.15) is 0 Å². The number of hydrogen-bond donors (Lipinski definition) is 1. The summed E-state index contributed by atoms with van der Waals surface area (Å²) in [6.45, 7) is 0. The Balaban J connectivity index is 2.03. The van der Waals surface area contributed by atoms with E-state index in [4.69, 9.17) is 0 Å². The Kier molecular flexibility index (Phi) is 4.38. The maximum absolute atomic E-state index is 11.9. The van der Waals surface area contributed by atoms with Crippen molar-refractivity contribution in [3.63, 3.8) is 0 Å². The lowest BCUT2D eigenvalue weighted by Gasteiger charge is -2.26. The van der Waals surface area contributed by atoms with Gasteiger partial charge in [-0.3, -0.25) is 4.79 Å². The summed E-state index contributed by atoms with van der Waals surface area (Å²) in [6.07, 6.45) is 3.85. The van der Waals surface area contributed by atoms with Gasteiger partial charge in [0.2, 0.25) is 5.91 Å². The molecule has 19 heavy (non-hydrogen) atoms. The van der Waals surface area contributed by atoms with Gasteiger partial charge in [0, 0.05) is 20.0 Å². The molecule has 3 nitrogen and oxygen atoms in total. The molecule has 2 atom stereocenters. The second-order valence-corrected chi connectivity index (χ2v) is 5.30. The minimum atomic E-state index is -0.531. The Hall–Kier alpha value is -1.61. The number of aliphatic hydroxyl groups excluding tert-OH is 1. The van der Waals surface area contributed by atoms with Crippen molar-refractivity contribution in [1.82, 2.24) is 4.90 Å². The van der Waals surface area contributed by atoms with Crippen LogP contribution in [0.3, 0.4) is 0 Å². The third-order valence-corrected chi connectivity index (χ3v) is 3.70. The van der Waals surface area contributed by atoms with Crippen LogP contribution in [0.5, 0.6) is 0 Å². The van der Waals surface area contributed by atoms with Gasteiger partial charge in [-0.1, -0.05) is 36.4 Å². The fraction of sp³-hybridized carbons (Fsp3) is 0.438. The average Bonchev–Trinajstić information content (AvgIpc) is 2.46. The first-order chi connectivity index (χ1) is 9.09. The maximum Gasteiger partial charge on any atom is 0.225 e. The molecule has 0 saturated heterocycles. The van der Waals surface area contributed by atoms with Crippen molar-refractivity contribution in [2.24, 2.45) is 5.92 Å². The first-order valence-corrected chi connectivity index (χ1v) is 6.72. The van der Waals surface area contributed by atoms with Crippen LogP contribution in [0.15, 0.2) is 42.0 Å². The van der Waals surface area contributed by atoms with Crippen molar-refractivity contribution < 1.29 is 9.90 Å². The number of hydrogen-bond acceptors (Lipinski definition) is 2. The molecule has 0 saturated carbocycles. The molecule has 0 bridgehead atoms. The zero-order valence-electron chi connectivity index (χ0n) is 11.5. The Morgan fingerprint density at radius 2 is 2.00 bits per heavy atom. The van der Waals surface area contributed by atoms with Gasteiger partial charge in [-0.05, 0) is 30.4 Å². The number of carbonyl (C=O) groups is 1. The van der Waals surface area contributed by atoms with Crippen molar-refractivity contribution in [2.75, 3.05) is 14.1 Å². The zero-order chi connectivity index (χ0) is 13.8. The average molecular weight is 259 g/mol. The molecule has 1 N–H and O–H groups in total. The molecule has 0 heterocycles. The molecule has 1 aliphatic carbocycles. The summed E-state index contributed by atoms with van der Waals surface area (Å²) in [4.78, 5) is 13.5. The van der Waals surface area contributed by atoms with Gasteiger partial charge in [0.15, 0.2) is 0 Å². The summed E-state index contributed by atoms with van der Waals surface area (Å²) in [5.74, 6) is 0.256. The standard InChI is InChI=1S/C16H21NO2/c1-17(2)16(19)14-10-8-13(9-11-14)15(18)12-6-4-3-5-7-12/h3-8,14-15,18H,9-11H2,1-2H3. The number of benzene rings is 1.